The second-order valence-electron chi connectivity index (χ2n) is 5.72. The summed E-state index contributed by atoms with van der Waals surface area (Å²) >= 11 is 6.04. The average Bonchev–Trinajstić information content (AvgIpc) is 2.94. The molecule has 23 heavy (non-hydrogen) atoms. The number of nitrogens with one attached hydrogen (secondary N) is 3. The van der Waals surface area contributed by atoms with Crippen LogP contribution >= 0.6 is 11.6 Å². The van der Waals surface area contributed by atoms with Gasteiger partial charge in [0, 0.05) is 17.1 Å². The number of anilines is 1. The molecule has 0 bridgehead atoms. The minimum Gasteiger partial charge on any atom is -0.366 e. The molecule has 0 spiro atoms. The Bertz CT molecular complexity index is 788. The first-order valence-electron chi connectivity index (χ1n) is 7.20. The molecular formula is C17H17ClN4O. The van der Waals surface area contributed by atoms with Gasteiger partial charge in [-0.1, -0.05) is 41.4 Å². The van der Waals surface area contributed by atoms with E-state index in [0.717, 1.165) is 16.8 Å². The molecule has 0 saturated carbocycles. The predicted octanol–water partition coefficient (Wildman–Crippen LogP) is 2.41. The monoisotopic (exact) mass is 328 g/mol. The number of carbonyl (C=O) groups is 1. The lowest BCUT2D eigenvalue weighted by molar-refractivity contribution is -0.123. The summed E-state index contributed by atoms with van der Waals surface area (Å²) in [5, 5.41) is 12.4. The summed E-state index contributed by atoms with van der Waals surface area (Å²) < 4.78 is 0. The van der Waals surface area contributed by atoms with Crippen LogP contribution in [0.25, 0.3) is 0 Å². The lowest BCUT2D eigenvalue weighted by Gasteiger charge is -2.29. The summed E-state index contributed by atoms with van der Waals surface area (Å²) in [5.41, 5.74) is 4.56. The number of fused-ring (bicyclic) bond motifs is 1. The van der Waals surface area contributed by atoms with E-state index >= 15 is 0 Å². The number of amides is 1. The van der Waals surface area contributed by atoms with Crippen molar-refractivity contribution >= 4 is 28.9 Å². The minimum absolute atomic E-state index is 0.174. The van der Waals surface area contributed by atoms with Gasteiger partial charge in [-0.15, -0.1) is 0 Å². The summed E-state index contributed by atoms with van der Waals surface area (Å²) in [6, 6.07) is 12.9. The maximum atomic E-state index is 12.5. The number of hydrogen-bond donors (Lipinski definition) is 4. The van der Waals surface area contributed by atoms with E-state index in [2.05, 4.69) is 10.7 Å². The molecule has 0 radical (unpaired) electrons. The fraction of sp³-hybridized carbons (Fsp3) is 0.176. The van der Waals surface area contributed by atoms with Crippen molar-refractivity contribution in [3.05, 3.63) is 64.2 Å². The number of hydrazine groups is 1. The minimum atomic E-state index is -1.24. The Kier molecular flexibility index (Phi) is 3.83. The molecule has 1 aliphatic rings. The Morgan fingerprint density at radius 2 is 2.00 bits per heavy atom. The van der Waals surface area contributed by atoms with Crippen molar-refractivity contribution in [3.63, 3.8) is 0 Å². The zero-order valence-electron chi connectivity index (χ0n) is 12.6. The standard InChI is InChI=1S/C17H17ClN4O/c1-10-2-4-11(5-3-10)15(19)17(16(23)22-20)9-12-8-13(18)6-7-14(12)21-17/h2-8,19,21H,9,20H2,1H3,(H,22,23). The maximum Gasteiger partial charge on any atom is 0.266 e. The Morgan fingerprint density at radius 3 is 2.65 bits per heavy atom. The quantitative estimate of drug-likeness (QED) is 0.302. The predicted molar refractivity (Wildman–Crippen MR) is 91.8 cm³/mol. The van der Waals surface area contributed by atoms with E-state index in [1.807, 2.05) is 37.3 Å². The maximum absolute atomic E-state index is 12.5. The SMILES string of the molecule is Cc1ccc(C(=N)C2(C(=O)NN)Cc3cc(Cl)ccc3N2)cc1. The van der Waals surface area contributed by atoms with Crippen LogP contribution < -0.4 is 16.6 Å². The van der Waals surface area contributed by atoms with Crippen molar-refractivity contribution in [2.45, 2.75) is 18.9 Å². The van der Waals surface area contributed by atoms with E-state index in [4.69, 9.17) is 22.9 Å². The van der Waals surface area contributed by atoms with Gasteiger partial charge in [0.25, 0.3) is 5.91 Å². The number of hydrogen-bond acceptors (Lipinski definition) is 4. The molecule has 1 atom stereocenters. The smallest absolute Gasteiger partial charge is 0.266 e. The Hall–Kier alpha value is -2.37. The molecule has 2 aromatic carbocycles. The first-order valence-corrected chi connectivity index (χ1v) is 7.58. The van der Waals surface area contributed by atoms with Gasteiger partial charge in [0.2, 0.25) is 0 Å². The van der Waals surface area contributed by atoms with Gasteiger partial charge >= 0.3 is 0 Å². The molecule has 0 saturated heterocycles. The zero-order valence-corrected chi connectivity index (χ0v) is 13.4. The van der Waals surface area contributed by atoms with Crippen LogP contribution in [-0.2, 0) is 11.2 Å². The van der Waals surface area contributed by atoms with Crippen LogP contribution in [0.1, 0.15) is 16.7 Å². The molecule has 2 aromatic rings. The van der Waals surface area contributed by atoms with Crippen LogP contribution in [0.4, 0.5) is 5.69 Å². The Balaban J connectivity index is 2.04. The summed E-state index contributed by atoms with van der Waals surface area (Å²) in [6.45, 7) is 1.97. The molecule has 1 heterocycles. The molecule has 1 unspecified atom stereocenters. The van der Waals surface area contributed by atoms with Crippen LogP contribution in [0.3, 0.4) is 0 Å². The molecule has 0 aliphatic carbocycles. The van der Waals surface area contributed by atoms with Crippen molar-refractivity contribution in [3.8, 4) is 0 Å². The second kappa shape index (κ2) is 5.68. The lowest BCUT2D eigenvalue weighted by Crippen LogP contribution is -2.59. The van der Waals surface area contributed by atoms with Crippen LogP contribution in [0.2, 0.25) is 5.02 Å². The van der Waals surface area contributed by atoms with Gasteiger partial charge in [0.05, 0.1) is 5.71 Å². The highest BCUT2D eigenvalue weighted by Gasteiger charge is 2.47. The number of benzene rings is 2. The van der Waals surface area contributed by atoms with Gasteiger partial charge < -0.3 is 10.7 Å². The normalized spacial score (nSPS) is 18.9. The van der Waals surface area contributed by atoms with Gasteiger partial charge in [-0.2, -0.15) is 0 Å². The summed E-state index contributed by atoms with van der Waals surface area (Å²) in [4.78, 5) is 12.5. The van der Waals surface area contributed by atoms with E-state index in [1.54, 1.807) is 12.1 Å². The highest BCUT2D eigenvalue weighted by atomic mass is 35.5. The third-order valence-corrected chi connectivity index (χ3v) is 4.39. The lowest BCUT2D eigenvalue weighted by atomic mass is 9.85. The van der Waals surface area contributed by atoms with E-state index in [9.17, 15) is 4.79 Å². The molecular weight excluding hydrogens is 312 g/mol. The van der Waals surface area contributed by atoms with Crippen LogP contribution in [0.15, 0.2) is 42.5 Å². The topological polar surface area (TPSA) is 91.0 Å². The van der Waals surface area contributed by atoms with Gasteiger partial charge in [-0.05, 0) is 36.2 Å². The third-order valence-electron chi connectivity index (χ3n) is 4.16. The first kappa shape index (κ1) is 15.5. The average molecular weight is 329 g/mol. The molecule has 6 heteroatoms. The number of halogens is 1. The number of rotatable bonds is 3. The summed E-state index contributed by atoms with van der Waals surface area (Å²) in [6.07, 6.45) is 0.318. The molecule has 0 aromatic heterocycles. The number of nitrogens with two attached hydrogens (primary N) is 1. The largest absolute Gasteiger partial charge is 0.366 e. The van der Waals surface area contributed by atoms with Crippen LogP contribution in [0, 0.1) is 12.3 Å². The van der Waals surface area contributed by atoms with E-state index < -0.39 is 11.4 Å². The molecule has 118 valence electrons. The summed E-state index contributed by atoms with van der Waals surface area (Å²) in [5.74, 6) is 4.93. The highest BCUT2D eigenvalue weighted by Crippen LogP contribution is 2.36. The number of aryl methyl sites for hydroxylation is 1. The molecule has 3 rings (SSSR count). The highest BCUT2D eigenvalue weighted by molar-refractivity contribution is 6.31. The van der Waals surface area contributed by atoms with Gasteiger partial charge in [-0.25, -0.2) is 5.84 Å². The van der Waals surface area contributed by atoms with Gasteiger partial charge in [0.1, 0.15) is 0 Å². The van der Waals surface area contributed by atoms with Crippen LogP contribution in [0.5, 0.6) is 0 Å². The van der Waals surface area contributed by atoms with Gasteiger partial charge in [-0.3, -0.25) is 10.2 Å². The van der Waals surface area contributed by atoms with Crippen molar-refractivity contribution in [1.29, 1.82) is 5.41 Å². The zero-order chi connectivity index (χ0) is 16.6. The van der Waals surface area contributed by atoms with Gasteiger partial charge in [0.15, 0.2) is 5.54 Å². The van der Waals surface area contributed by atoms with E-state index in [-0.39, 0.29) is 5.71 Å². The fourth-order valence-electron chi connectivity index (χ4n) is 2.88. The first-order chi connectivity index (χ1) is 11.0. The Morgan fingerprint density at radius 1 is 1.30 bits per heavy atom. The fourth-order valence-corrected chi connectivity index (χ4v) is 3.08. The van der Waals surface area contributed by atoms with Crippen LogP contribution in [-0.4, -0.2) is 17.2 Å². The Labute approximate surface area is 139 Å². The summed E-state index contributed by atoms with van der Waals surface area (Å²) in [7, 11) is 0. The second-order valence-corrected chi connectivity index (χ2v) is 6.16. The molecule has 5 N–H and O–H groups in total. The molecule has 1 amide bonds. The van der Waals surface area contributed by atoms with E-state index in [1.165, 1.54) is 0 Å². The molecule has 1 aliphatic heterocycles. The van der Waals surface area contributed by atoms with Crippen molar-refractivity contribution in [1.82, 2.24) is 5.43 Å². The van der Waals surface area contributed by atoms with Crippen molar-refractivity contribution in [2.24, 2.45) is 5.84 Å². The number of carbonyl (C=O) groups excluding carboxylic acids is 1. The molecule has 0 fully saturated rings. The van der Waals surface area contributed by atoms with E-state index in [0.29, 0.717) is 17.0 Å². The van der Waals surface area contributed by atoms with Crippen molar-refractivity contribution in [2.75, 3.05) is 5.32 Å². The molecule has 5 nitrogen and oxygen atoms in total. The van der Waals surface area contributed by atoms with Crippen molar-refractivity contribution < 1.29 is 4.79 Å². The third kappa shape index (κ3) is 2.58.